The van der Waals surface area contributed by atoms with Crippen molar-refractivity contribution in [3.05, 3.63) is 54.2 Å². The number of nitrogens with zero attached hydrogens (tertiary/aromatic N) is 3. The summed E-state index contributed by atoms with van der Waals surface area (Å²) in [5, 5.41) is 8.99. The first-order valence-electron chi connectivity index (χ1n) is 12.7. The lowest BCUT2D eigenvalue weighted by Crippen LogP contribution is -2.43. The molecule has 2 aromatic carbocycles. The summed E-state index contributed by atoms with van der Waals surface area (Å²) in [5.74, 6) is 2.43. The highest BCUT2D eigenvalue weighted by Crippen LogP contribution is 2.40. The van der Waals surface area contributed by atoms with Crippen LogP contribution in [-0.2, 0) is 16.1 Å². The Morgan fingerprint density at radius 3 is 2.36 bits per heavy atom. The molecule has 0 bridgehead atoms. The van der Waals surface area contributed by atoms with Crippen molar-refractivity contribution < 1.29 is 23.8 Å². The van der Waals surface area contributed by atoms with Gasteiger partial charge in [0.2, 0.25) is 23.5 Å². The summed E-state index contributed by atoms with van der Waals surface area (Å²) < 4.78 is 16.2. The van der Waals surface area contributed by atoms with Crippen molar-refractivity contribution in [1.82, 2.24) is 15.3 Å². The number of ether oxygens (including phenoxy) is 3. The van der Waals surface area contributed by atoms with Crippen molar-refractivity contribution >= 4 is 35.0 Å². The number of nitrogens with one attached hydrogen (secondary N) is 3. The molecule has 2 amide bonds. The number of methoxy groups -OCH3 is 3. The summed E-state index contributed by atoms with van der Waals surface area (Å²) >= 11 is 0. The number of hydrogen-bond acceptors (Lipinski definition) is 9. The maximum absolute atomic E-state index is 13.0. The van der Waals surface area contributed by atoms with E-state index in [-0.39, 0.29) is 17.7 Å². The highest BCUT2D eigenvalue weighted by atomic mass is 16.5. The molecule has 0 aliphatic carbocycles. The standard InChI is InChI=1S/C28H34N6O5/c1-18(35)31-21-9-7-19(8-10-21)16-30-27(36)20-6-5-13-34(17-20)25-11-12-29-28(33-25)32-22-14-23(37-2)26(39-4)24(15-22)38-3/h7-12,14-15,20H,5-6,13,16-17H2,1-4H3,(H,30,36)(H,31,35)(H,29,32,33). The van der Waals surface area contributed by atoms with Gasteiger partial charge in [-0.05, 0) is 36.6 Å². The number of piperidine rings is 1. The SMILES string of the molecule is COc1cc(Nc2nccc(N3CCCC(C(=O)NCc4ccc(NC(C)=O)cc4)C3)n2)cc(OC)c1OC. The average Bonchev–Trinajstić information content (AvgIpc) is 2.96. The highest BCUT2D eigenvalue weighted by Gasteiger charge is 2.26. The first-order valence-corrected chi connectivity index (χ1v) is 12.7. The molecule has 1 saturated heterocycles. The molecule has 1 aliphatic heterocycles. The second kappa shape index (κ2) is 12.8. The van der Waals surface area contributed by atoms with Crippen molar-refractivity contribution in [3.63, 3.8) is 0 Å². The number of amides is 2. The van der Waals surface area contributed by atoms with E-state index in [4.69, 9.17) is 19.2 Å². The van der Waals surface area contributed by atoms with Crippen LogP contribution in [0.2, 0.25) is 0 Å². The Kier molecular flexibility index (Phi) is 9.03. The van der Waals surface area contributed by atoms with E-state index in [2.05, 4.69) is 25.8 Å². The van der Waals surface area contributed by atoms with Gasteiger partial charge in [0.1, 0.15) is 5.82 Å². The number of aromatic nitrogens is 2. The topological polar surface area (TPSA) is 127 Å². The minimum Gasteiger partial charge on any atom is -0.493 e. The fraction of sp³-hybridized carbons (Fsp3) is 0.357. The molecular weight excluding hydrogens is 500 g/mol. The van der Waals surface area contributed by atoms with Gasteiger partial charge < -0.3 is 35.1 Å². The molecule has 11 heteroatoms. The first kappa shape index (κ1) is 27.5. The molecule has 3 N–H and O–H groups in total. The van der Waals surface area contributed by atoms with Gasteiger partial charge >= 0.3 is 0 Å². The molecule has 4 rings (SSSR count). The smallest absolute Gasteiger partial charge is 0.229 e. The van der Waals surface area contributed by atoms with Crippen LogP contribution in [0.1, 0.15) is 25.3 Å². The molecule has 1 unspecified atom stereocenters. The van der Waals surface area contributed by atoms with Crippen molar-refractivity contribution in [2.24, 2.45) is 5.92 Å². The zero-order valence-electron chi connectivity index (χ0n) is 22.6. The third kappa shape index (κ3) is 7.07. The Bertz CT molecular complexity index is 1270. The predicted octanol–water partition coefficient (Wildman–Crippen LogP) is 3.74. The number of benzene rings is 2. The molecule has 0 spiro atoms. The Balaban J connectivity index is 1.38. The van der Waals surface area contributed by atoms with Crippen LogP contribution in [0.15, 0.2) is 48.7 Å². The maximum atomic E-state index is 13.0. The minimum atomic E-state index is -0.154. The molecular formula is C28H34N6O5. The van der Waals surface area contributed by atoms with E-state index in [0.717, 1.165) is 36.5 Å². The largest absolute Gasteiger partial charge is 0.493 e. The van der Waals surface area contributed by atoms with Gasteiger partial charge in [0.15, 0.2) is 11.5 Å². The van der Waals surface area contributed by atoms with Gasteiger partial charge in [-0.1, -0.05) is 12.1 Å². The summed E-state index contributed by atoms with van der Waals surface area (Å²) in [7, 11) is 4.68. The van der Waals surface area contributed by atoms with E-state index in [0.29, 0.717) is 42.0 Å². The lowest BCUT2D eigenvalue weighted by Gasteiger charge is -2.33. The molecule has 206 valence electrons. The molecule has 1 aliphatic rings. The van der Waals surface area contributed by atoms with Gasteiger partial charge in [0.25, 0.3) is 0 Å². The van der Waals surface area contributed by atoms with Gasteiger partial charge in [-0.25, -0.2) is 4.98 Å². The van der Waals surface area contributed by atoms with Crippen LogP contribution in [0, 0.1) is 5.92 Å². The predicted molar refractivity (Wildman–Crippen MR) is 149 cm³/mol. The number of carbonyl (C=O) groups is 2. The lowest BCUT2D eigenvalue weighted by atomic mass is 9.97. The Hall–Kier alpha value is -4.54. The summed E-state index contributed by atoms with van der Waals surface area (Å²) in [6.07, 6.45) is 3.38. The van der Waals surface area contributed by atoms with E-state index in [9.17, 15) is 9.59 Å². The van der Waals surface area contributed by atoms with Crippen LogP contribution in [0.4, 0.5) is 23.1 Å². The van der Waals surface area contributed by atoms with Crippen LogP contribution >= 0.6 is 0 Å². The minimum absolute atomic E-state index is 0.00969. The van der Waals surface area contributed by atoms with Crippen molar-refractivity contribution in [2.45, 2.75) is 26.3 Å². The number of rotatable bonds is 10. The fourth-order valence-electron chi connectivity index (χ4n) is 4.51. The van der Waals surface area contributed by atoms with Crippen LogP contribution in [-0.4, -0.2) is 56.2 Å². The summed E-state index contributed by atoms with van der Waals surface area (Å²) in [6.45, 7) is 3.26. The van der Waals surface area contributed by atoms with E-state index < -0.39 is 0 Å². The Morgan fingerprint density at radius 2 is 1.72 bits per heavy atom. The average molecular weight is 535 g/mol. The zero-order valence-corrected chi connectivity index (χ0v) is 22.6. The van der Waals surface area contributed by atoms with E-state index >= 15 is 0 Å². The summed E-state index contributed by atoms with van der Waals surface area (Å²) in [5.41, 5.74) is 2.37. The monoisotopic (exact) mass is 534 g/mol. The van der Waals surface area contributed by atoms with Crippen LogP contribution in [0.25, 0.3) is 0 Å². The third-order valence-electron chi connectivity index (χ3n) is 6.42. The van der Waals surface area contributed by atoms with E-state index in [1.54, 1.807) is 39.7 Å². The van der Waals surface area contributed by atoms with Crippen LogP contribution in [0.5, 0.6) is 17.2 Å². The summed E-state index contributed by atoms with van der Waals surface area (Å²) in [4.78, 5) is 35.3. The molecule has 0 saturated carbocycles. The molecule has 3 aromatic rings. The van der Waals surface area contributed by atoms with Gasteiger partial charge in [-0.3, -0.25) is 9.59 Å². The van der Waals surface area contributed by atoms with Gasteiger partial charge in [-0.15, -0.1) is 0 Å². The Labute approximate surface area is 227 Å². The molecule has 1 atom stereocenters. The summed E-state index contributed by atoms with van der Waals surface area (Å²) in [6, 6.07) is 12.8. The second-order valence-electron chi connectivity index (χ2n) is 9.16. The van der Waals surface area contributed by atoms with Crippen LogP contribution < -0.4 is 35.1 Å². The lowest BCUT2D eigenvalue weighted by molar-refractivity contribution is -0.125. The van der Waals surface area contributed by atoms with E-state index in [1.807, 2.05) is 30.3 Å². The molecule has 1 fully saturated rings. The number of anilines is 4. The molecule has 2 heterocycles. The van der Waals surface area contributed by atoms with Gasteiger partial charge in [0.05, 0.1) is 27.2 Å². The second-order valence-corrected chi connectivity index (χ2v) is 9.16. The van der Waals surface area contributed by atoms with Gasteiger partial charge in [-0.2, -0.15) is 4.98 Å². The third-order valence-corrected chi connectivity index (χ3v) is 6.42. The maximum Gasteiger partial charge on any atom is 0.229 e. The fourth-order valence-corrected chi connectivity index (χ4v) is 4.51. The number of carbonyl (C=O) groups excluding carboxylic acids is 2. The zero-order chi connectivity index (χ0) is 27.8. The van der Waals surface area contributed by atoms with E-state index in [1.165, 1.54) is 6.92 Å². The Morgan fingerprint density at radius 1 is 1.00 bits per heavy atom. The van der Waals surface area contributed by atoms with Crippen molar-refractivity contribution in [1.29, 1.82) is 0 Å². The van der Waals surface area contributed by atoms with Crippen molar-refractivity contribution in [2.75, 3.05) is 50.0 Å². The normalized spacial score (nSPS) is 14.8. The molecule has 1 aromatic heterocycles. The molecule has 0 radical (unpaired) electrons. The highest BCUT2D eigenvalue weighted by molar-refractivity contribution is 5.88. The van der Waals surface area contributed by atoms with Crippen molar-refractivity contribution in [3.8, 4) is 17.2 Å². The molecule has 11 nitrogen and oxygen atoms in total. The van der Waals surface area contributed by atoms with Crippen LogP contribution in [0.3, 0.4) is 0 Å². The van der Waals surface area contributed by atoms with Gasteiger partial charge in [0, 0.05) is 56.3 Å². The molecule has 39 heavy (non-hydrogen) atoms. The number of hydrogen-bond donors (Lipinski definition) is 3. The first-order chi connectivity index (χ1) is 18.9. The quantitative estimate of drug-likeness (QED) is 0.356.